The van der Waals surface area contributed by atoms with Gasteiger partial charge in [-0.1, -0.05) is 11.8 Å². The minimum atomic E-state index is -0.0994. The Morgan fingerprint density at radius 3 is 2.28 bits per heavy atom. The number of rotatable bonds is 10. The van der Waals surface area contributed by atoms with E-state index in [2.05, 4.69) is 15.5 Å². The molecule has 0 spiro atoms. The standard InChI is InChI=1S/C20H22N4O4S/c1-26-16-5-3-15(4-6-16)24-14-22-23-20(24)29-13-19(25)21-11-12-28-18-9-7-17(27-2)8-10-18/h3-10,14H,11-13H2,1-2H3,(H,21,25). The highest BCUT2D eigenvalue weighted by molar-refractivity contribution is 7.99. The molecular weight excluding hydrogens is 392 g/mol. The number of thioether (sulfide) groups is 1. The molecule has 0 radical (unpaired) electrons. The van der Waals surface area contributed by atoms with E-state index in [1.807, 2.05) is 53.1 Å². The van der Waals surface area contributed by atoms with E-state index in [0.717, 1.165) is 22.9 Å². The number of nitrogens with zero attached hydrogens (tertiary/aromatic N) is 3. The molecule has 0 saturated carbocycles. The van der Waals surface area contributed by atoms with E-state index in [1.165, 1.54) is 11.8 Å². The van der Waals surface area contributed by atoms with Crippen LogP contribution in [0, 0.1) is 0 Å². The second kappa shape index (κ2) is 10.4. The van der Waals surface area contributed by atoms with Gasteiger partial charge in [0.05, 0.1) is 26.5 Å². The average Bonchev–Trinajstić information content (AvgIpc) is 3.24. The molecule has 152 valence electrons. The monoisotopic (exact) mass is 414 g/mol. The number of hydrogen-bond donors (Lipinski definition) is 1. The topological polar surface area (TPSA) is 87.5 Å². The highest BCUT2D eigenvalue weighted by Crippen LogP contribution is 2.21. The normalized spacial score (nSPS) is 10.4. The van der Waals surface area contributed by atoms with Crippen LogP contribution in [-0.4, -0.2) is 53.8 Å². The Balaban J connectivity index is 1.42. The van der Waals surface area contributed by atoms with Gasteiger partial charge in [0, 0.05) is 5.69 Å². The Morgan fingerprint density at radius 1 is 1.00 bits per heavy atom. The SMILES string of the molecule is COc1ccc(OCCNC(=O)CSc2nncn2-c2ccc(OC)cc2)cc1. The molecule has 0 atom stereocenters. The van der Waals surface area contributed by atoms with Gasteiger partial charge in [0.15, 0.2) is 5.16 Å². The Bertz CT molecular complexity index is 913. The molecule has 1 amide bonds. The number of methoxy groups -OCH3 is 2. The summed E-state index contributed by atoms with van der Waals surface area (Å²) in [5.74, 6) is 2.40. The van der Waals surface area contributed by atoms with Crippen LogP contribution < -0.4 is 19.5 Å². The lowest BCUT2D eigenvalue weighted by Crippen LogP contribution is -2.29. The van der Waals surface area contributed by atoms with Gasteiger partial charge in [0.1, 0.15) is 30.2 Å². The van der Waals surface area contributed by atoms with Crippen LogP contribution in [0.2, 0.25) is 0 Å². The first kappa shape index (κ1) is 20.5. The molecule has 3 aromatic rings. The number of aromatic nitrogens is 3. The fourth-order valence-electron chi connectivity index (χ4n) is 2.46. The summed E-state index contributed by atoms with van der Waals surface area (Å²) in [5, 5.41) is 11.5. The summed E-state index contributed by atoms with van der Waals surface area (Å²) in [7, 11) is 3.23. The van der Waals surface area contributed by atoms with Gasteiger partial charge in [-0.2, -0.15) is 0 Å². The molecule has 29 heavy (non-hydrogen) atoms. The lowest BCUT2D eigenvalue weighted by Gasteiger charge is -2.09. The van der Waals surface area contributed by atoms with Crippen molar-refractivity contribution in [1.82, 2.24) is 20.1 Å². The molecule has 0 aliphatic rings. The largest absolute Gasteiger partial charge is 0.497 e. The number of hydrogen-bond acceptors (Lipinski definition) is 7. The smallest absolute Gasteiger partial charge is 0.230 e. The summed E-state index contributed by atoms with van der Waals surface area (Å²) >= 11 is 1.32. The van der Waals surface area contributed by atoms with Gasteiger partial charge in [0.25, 0.3) is 0 Å². The predicted molar refractivity (Wildman–Crippen MR) is 110 cm³/mol. The van der Waals surface area contributed by atoms with Gasteiger partial charge in [-0.15, -0.1) is 10.2 Å². The van der Waals surface area contributed by atoms with Crippen LogP contribution in [0.4, 0.5) is 0 Å². The maximum absolute atomic E-state index is 12.1. The van der Waals surface area contributed by atoms with Crippen molar-refractivity contribution in [3.63, 3.8) is 0 Å². The van der Waals surface area contributed by atoms with Crippen molar-refractivity contribution in [3.8, 4) is 22.9 Å². The minimum absolute atomic E-state index is 0.0994. The van der Waals surface area contributed by atoms with Crippen molar-refractivity contribution >= 4 is 17.7 Å². The molecule has 0 bridgehead atoms. The van der Waals surface area contributed by atoms with Crippen LogP contribution in [0.25, 0.3) is 5.69 Å². The molecule has 9 heteroatoms. The fraction of sp³-hybridized carbons (Fsp3) is 0.250. The molecule has 8 nitrogen and oxygen atoms in total. The van der Waals surface area contributed by atoms with E-state index in [4.69, 9.17) is 14.2 Å². The number of ether oxygens (including phenoxy) is 3. The van der Waals surface area contributed by atoms with Gasteiger partial charge >= 0.3 is 0 Å². The Kier molecular flexibility index (Phi) is 7.34. The van der Waals surface area contributed by atoms with Gasteiger partial charge in [-0.25, -0.2) is 0 Å². The molecule has 1 N–H and O–H groups in total. The minimum Gasteiger partial charge on any atom is -0.497 e. The molecule has 0 aliphatic carbocycles. The number of nitrogens with one attached hydrogen (secondary N) is 1. The fourth-order valence-corrected chi connectivity index (χ4v) is 3.21. The van der Waals surface area contributed by atoms with Crippen LogP contribution >= 0.6 is 11.8 Å². The van der Waals surface area contributed by atoms with E-state index in [0.29, 0.717) is 18.3 Å². The van der Waals surface area contributed by atoms with Crippen LogP contribution in [0.15, 0.2) is 60.0 Å². The van der Waals surface area contributed by atoms with Crippen LogP contribution in [-0.2, 0) is 4.79 Å². The zero-order valence-electron chi connectivity index (χ0n) is 16.2. The number of benzene rings is 2. The highest BCUT2D eigenvalue weighted by atomic mass is 32.2. The number of carbonyl (C=O) groups excluding carboxylic acids is 1. The van der Waals surface area contributed by atoms with E-state index in [1.54, 1.807) is 20.5 Å². The number of amides is 1. The maximum atomic E-state index is 12.1. The second-order valence-electron chi connectivity index (χ2n) is 5.84. The highest BCUT2D eigenvalue weighted by Gasteiger charge is 2.10. The third-order valence-electron chi connectivity index (χ3n) is 3.95. The van der Waals surface area contributed by atoms with E-state index in [9.17, 15) is 4.79 Å². The Morgan fingerprint density at radius 2 is 1.62 bits per heavy atom. The maximum Gasteiger partial charge on any atom is 0.230 e. The summed E-state index contributed by atoms with van der Waals surface area (Å²) in [5.41, 5.74) is 0.895. The van der Waals surface area contributed by atoms with Crippen LogP contribution in [0.5, 0.6) is 17.2 Å². The van der Waals surface area contributed by atoms with E-state index < -0.39 is 0 Å². The lowest BCUT2D eigenvalue weighted by atomic mass is 10.3. The second-order valence-corrected chi connectivity index (χ2v) is 6.79. The zero-order valence-corrected chi connectivity index (χ0v) is 17.0. The van der Waals surface area contributed by atoms with Crippen LogP contribution in [0.1, 0.15) is 0 Å². The molecule has 0 saturated heterocycles. The third kappa shape index (κ3) is 5.89. The van der Waals surface area contributed by atoms with Crippen molar-refractivity contribution in [3.05, 3.63) is 54.9 Å². The summed E-state index contributed by atoms with van der Waals surface area (Å²) in [6.45, 7) is 0.793. The van der Waals surface area contributed by atoms with Crippen molar-refractivity contribution in [2.45, 2.75) is 5.16 Å². The van der Waals surface area contributed by atoms with E-state index >= 15 is 0 Å². The van der Waals surface area contributed by atoms with E-state index in [-0.39, 0.29) is 11.7 Å². The van der Waals surface area contributed by atoms with Crippen molar-refractivity contribution in [1.29, 1.82) is 0 Å². The van der Waals surface area contributed by atoms with Crippen molar-refractivity contribution in [2.75, 3.05) is 33.1 Å². The molecule has 0 unspecified atom stereocenters. The quantitative estimate of drug-likeness (QED) is 0.403. The Labute approximate surface area is 173 Å². The van der Waals surface area contributed by atoms with Gasteiger partial charge < -0.3 is 19.5 Å². The van der Waals surface area contributed by atoms with Crippen molar-refractivity contribution < 1.29 is 19.0 Å². The van der Waals surface area contributed by atoms with Crippen LogP contribution in [0.3, 0.4) is 0 Å². The molecule has 0 aliphatic heterocycles. The summed E-state index contributed by atoms with van der Waals surface area (Å²) in [6, 6.07) is 14.8. The summed E-state index contributed by atoms with van der Waals surface area (Å²) in [6.07, 6.45) is 1.62. The van der Waals surface area contributed by atoms with Crippen molar-refractivity contribution in [2.24, 2.45) is 0 Å². The average molecular weight is 414 g/mol. The third-order valence-corrected chi connectivity index (χ3v) is 4.89. The predicted octanol–water partition coefficient (Wildman–Crippen LogP) is 2.57. The molecule has 2 aromatic carbocycles. The summed E-state index contributed by atoms with van der Waals surface area (Å²) in [4.78, 5) is 12.1. The molecule has 1 heterocycles. The first-order valence-corrected chi connectivity index (χ1v) is 9.89. The first-order valence-electron chi connectivity index (χ1n) is 8.90. The molecule has 0 fully saturated rings. The lowest BCUT2D eigenvalue weighted by molar-refractivity contribution is -0.118. The first-order chi connectivity index (χ1) is 14.2. The van der Waals surface area contributed by atoms with Gasteiger partial charge in [-0.05, 0) is 48.5 Å². The zero-order chi connectivity index (χ0) is 20.5. The summed E-state index contributed by atoms with van der Waals surface area (Å²) < 4.78 is 17.7. The van der Waals surface area contributed by atoms with Gasteiger partial charge in [-0.3, -0.25) is 9.36 Å². The number of carbonyl (C=O) groups is 1. The molecule has 1 aromatic heterocycles. The Hall–Kier alpha value is -3.20. The molecular formula is C20H22N4O4S. The van der Waals surface area contributed by atoms with Gasteiger partial charge in [0.2, 0.25) is 5.91 Å². The molecule has 3 rings (SSSR count).